The highest BCUT2D eigenvalue weighted by Crippen LogP contribution is 2.62. The maximum atomic E-state index is 5.42. The molecule has 1 fully saturated rings. The van der Waals surface area contributed by atoms with Gasteiger partial charge in [0.1, 0.15) is 5.76 Å². The molecule has 0 spiro atoms. The number of aryl methyl sites for hydroxylation is 1. The molecule has 1 N–H and O–H groups in total. The molecule has 0 aromatic carbocycles. The van der Waals surface area contributed by atoms with Crippen LogP contribution in [0.3, 0.4) is 0 Å². The zero-order valence-electron chi connectivity index (χ0n) is 10.3. The van der Waals surface area contributed by atoms with Crippen LogP contribution in [0, 0.1) is 17.8 Å². The third-order valence-corrected chi connectivity index (χ3v) is 4.46. The van der Waals surface area contributed by atoms with Crippen molar-refractivity contribution in [2.24, 2.45) is 10.8 Å². The van der Waals surface area contributed by atoms with Gasteiger partial charge in [0.05, 0.1) is 12.8 Å². The maximum absolute atomic E-state index is 5.42. The lowest BCUT2D eigenvalue weighted by Gasteiger charge is -2.04. The Labute approximate surface area is 92.1 Å². The summed E-state index contributed by atoms with van der Waals surface area (Å²) in [4.78, 5) is 0. The number of hydrogen-bond donors (Lipinski definition) is 1. The zero-order chi connectivity index (χ0) is 11.3. The Hall–Kier alpha value is -0.760. The molecule has 1 aromatic rings. The van der Waals surface area contributed by atoms with Crippen molar-refractivity contribution in [3.05, 3.63) is 23.7 Å². The molecular weight excluding hydrogens is 186 g/mol. The number of hydrogen-bond acceptors (Lipinski definition) is 2. The summed E-state index contributed by atoms with van der Waals surface area (Å²) >= 11 is 0. The summed E-state index contributed by atoms with van der Waals surface area (Å²) in [5.74, 6) is 1.06. The molecule has 15 heavy (non-hydrogen) atoms. The second-order valence-corrected chi connectivity index (χ2v) is 5.78. The van der Waals surface area contributed by atoms with Crippen LogP contribution in [-0.4, -0.2) is 6.04 Å². The second-order valence-electron chi connectivity index (χ2n) is 5.78. The lowest BCUT2D eigenvalue weighted by Crippen LogP contribution is -2.21. The normalized spacial score (nSPS) is 23.0. The van der Waals surface area contributed by atoms with E-state index < -0.39 is 0 Å². The van der Waals surface area contributed by atoms with E-state index in [1.165, 1.54) is 5.56 Å². The molecule has 0 unspecified atom stereocenters. The van der Waals surface area contributed by atoms with Crippen LogP contribution in [0.15, 0.2) is 16.7 Å². The lowest BCUT2D eigenvalue weighted by molar-refractivity contribution is 0.457. The molecular formula is C13H21NO. The number of rotatable bonds is 3. The molecule has 0 aliphatic heterocycles. The van der Waals surface area contributed by atoms with Crippen molar-refractivity contribution in [2.75, 3.05) is 0 Å². The number of nitrogens with one attached hydrogen (secondary N) is 1. The lowest BCUT2D eigenvalue weighted by atomic mass is 10.0. The summed E-state index contributed by atoms with van der Waals surface area (Å²) in [5.41, 5.74) is 2.03. The van der Waals surface area contributed by atoms with Gasteiger partial charge in [-0.05, 0) is 29.4 Å². The van der Waals surface area contributed by atoms with Gasteiger partial charge in [-0.25, -0.2) is 0 Å². The van der Waals surface area contributed by atoms with Gasteiger partial charge in [0, 0.05) is 6.04 Å². The van der Waals surface area contributed by atoms with Crippen molar-refractivity contribution in [2.45, 2.75) is 47.2 Å². The van der Waals surface area contributed by atoms with E-state index in [4.69, 9.17) is 4.42 Å². The van der Waals surface area contributed by atoms with E-state index in [1.807, 2.05) is 6.07 Å². The van der Waals surface area contributed by atoms with Crippen molar-refractivity contribution in [1.29, 1.82) is 0 Å². The van der Waals surface area contributed by atoms with Crippen LogP contribution in [-0.2, 0) is 6.54 Å². The highest BCUT2D eigenvalue weighted by atomic mass is 16.3. The minimum absolute atomic E-state index is 0.396. The van der Waals surface area contributed by atoms with Gasteiger partial charge in [-0.3, -0.25) is 0 Å². The fraction of sp³-hybridized carbons (Fsp3) is 0.692. The van der Waals surface area contributed by atoms with Crippen molar-refractivity contribution in [1.82, 2.24) is 5.32 Å². The first-order valence-corrected chi connectivity index (χ1v) is 5.63. The fourth-order valence-corrected chi connectivity index (χ4v) is 2.49. The van der Waals surface area contributed by atoms with Crippen LogP contribution in [0.4, 0.5) is 0 Å². The predicted octanol–water partition coefficient (Wildman–Crippen LogP) is 3.11. The Morgan fingerprint density at radius 1 is 1.27 bits per heavy atom. The monoisotopic (exact) mass is 207 g/mol. The summed E-state index contributed by atoms with van der Waals surface area (Å²) in [6.07, 6.45) is 1.76. The summed E-state index contributed by atoms with van der Waals surface area (Å²) in [5, 5.41) is 3.59. The molecule has 0 saturated heterocycles. The van der Waals surface area contributed by atoms with Crippen LogP contribution < -0.4 is 5.32 Å². The highest BCUT2D eigenvalue weighted by molar-refractivity contribution is 5.20. The van der Waals surface area contributed by atoms with Crippen molar-refractivity contribution < 1.29 is 4.42 Å². The minimum Gasteiger partial charge on any atom is -0.468 e. The quantitative estimate of drug-likeness (QED) is 0.824. The summed E-state index contributed by atoms with van der Waals surface area (Å²) in [6.45, 7) is 12.2. The average molecular weight is 207 g/mol. The third-order valence-electron chi connectivity index (χ3n) is 4.46. The molecule has 1 saturated carbocycles. The Balaban J connectivity index is 1.94. The average Bonchev–Trinajstić information content (AvgIpc) is 2.49. The molecule has 1 aliphatic carbocycles. The second kappa shape index (κ2) is 3.11. The fourth-order valence-electron chi connectivity index (χ4n) is 2.49. The van der Waals surface area contributed by atoms with E-state index in [1.54, 1.807) is 6.26 Å². The van der Waals surface area contributed by atoms with Gasteiger partial charge in [-0.1, -0.05) is 27.7 Å². The molecule has 0 amide bonds. The number of furan rings is 1. The van der Waals surface area contributed by atoms with Gasteiger partial charge in [0.15, 0.2) is 0 Å². The van der Waals surface area contributed by atoms with Gasteiger partial charge < -0.3 is 9.73 Å². The van der Waals surface area contributed by atoms with Crippen molar-refractivity contribution >= 4 is 0 Å². The van der Waals surface area contributed by atoms with Crippen LogP contribution in [0.2, 0.25) is 0 Å². The van der Waals surface area contributed by atoms with Crippen LogP contribution in [0.1, 0.15) is 39.0 Å². The Morgan fingerprint density at radius 2 is 1.87 bits per heavy atom. The van der Waals surface area contributed by atoms with Crippen molar-refractivity contribution in [3.63, 3.8) is 0 Å². The molecule has 0 radical (unpaired) electrons. The first-order valence-electron chi connectivity index (χ1n) is 5.63. The van der Waals surface area contributed by atoms with Gasteiger partial charge in [0.25, 0.3) is 0 Å². The van der Waals surface area contributed by atoms with E-state index in [-0.39, 0.29) is 0 Å². The molecule has 1 heterocycles. The van der Waals surface area contributed by atoms with Crippen LogP contribution in [0.25, 0.3) is 0 Å². The van der Waals surface area contributed by atoms with E-state index in [0.717, 1.165) is 12.3 Å². The van der Waals surface area contributed by atoms with Gasteiger partial charge in [0.2, 0.25) is 0 Å². The van der Waals surface area contributed by atoms with E-state index in [0.29, 0.717) is 16.9 Å². The molecule has 1 aromatic heterocycles. The largest absolute Gasteiger partial charge is 0.468 e. The summed E-state index contributed by atoms with van der Waals surface area (Å²) < 4.78 is 5.42. The summed E-state index contributed by atoms with van der Waals surface area (Å²) in [6, 6.07) is 2.61. The minimum atomic E-state index is 0.396. The van der Waals surface area contributed by atoms with Crippen LogP contribution in [0.5, 0.6) is 0 Å². The first kappa shape index (κ1) is 10.7. The maximum Gasteiger partial charge on any atom is 0.120 e. The smallest absolute Gasteiger partial charge is 0.120 e. The first-order chi connectivity index (χ1) is 6.87. The Kier molecular flexibility index (Phi) is 2.23. The highest BCUT2D eigenvalue weighted by Gasteiger charge is 2.64. The van der Waals surface area contributed by atoms with Crippen molar-refractivity contribution in [3.8, 4) is 0 Å². The third kappa shape index (κ3) is 1.51. The standard InChI is InChI=1S/C13H21NO/c1-9-6-7-15-10(9)8-14-11-12(2,3)13(11,4)5/h6-7,11,14H,8H2,1-5H3. The Morgan fingerprint density at radius 3 is 2.27 bits per heavy atom. The van der Waals surface area contributed by atoms with E-state index in [2.05, 4.69) is 39.9 Å². The van der Waals surface area contributed by atoms with E-state index >= 15 is 0 Å². The molecule has 2 nitrogen and oxygen atoms in total. The molecule has 0 bridgehead atoms. The van der Waals surface area contributed by atoms with Crippen LogP contribution >= 0.6 is 0 Å². The molecule has 1 aliphatic rings. The molecule has 84 valence electrons. The molecule has 0 atom stereocenters. The topological polar surface area (TPSA) is 25.2 Å². The Bertz CT molecular complexity index is 348. The summed E-state index contributed by atoms with van der Waals surface area (Å²) in [7, 11) is 0. The molecule has 2 heteroatoms. The van der Waals surface area contributed by atoms with E-state index in [9.17, 15) is 0 Å². The predicted molar refractivity (Wildman–Crippen MR) is 61.6 cm³/mol. The van der Waals surface area contributed by atoms with Gasteiger partial charge in [-0.2, -0.15) is 0 Å². The zero-order valence-corrected chi connectivity index (χ0v) is 10.3. The SMILES string of the molecule is Cc1ccoc1CNC1C(C)(C)C1(C)C. The molecule has 2 rings (SSSR count). The van der Waals surface area contributed by atoms with Gasteiger partial charge in [-0.15, -0.1) is 0 Å². The van der Waals surface area contributed by atoms with Gasteiger partial charge >= 0.3 is 0 Å².